The molecule has 2 aromatic heterocycles. The van der Waals surface area contributed by atoms with Gasteiger partial charge in [-0.1, -0.05) is 20.8 Å². The molecule has 1 atom stereocenters. The van der Waals surface area contributed by atoms with E-state index in [4.69, 9.17) is 0 Å². The van der Waals surface area contributed by atoms with E-state index >= 15 is 0 Å². The van der Waals surface area contributed by atoms with Gasteiger partial charge in [0, 0.05) is 9.75 Å². The van der Waals surface area contributed by atoms with Gasteiger partial charge in [-0.2, -0.15) is 0 Å². The van der Waals surface area contributed by atoms with Gasteiger partial charge in [0.2, 0.25) is 0 Å². The molecule has 1 unspecified atom stereocenters. The highest BCUT2D eigenvalue weighted by Gasteiger charge is 2.20. The second-order valence-electron chi connectivity index (χ2n) is 5.04. The molecule has 0 spiro atoms. The van der Waals surface area contributed by atoms with Gasteiger partial charge in [0.1, 0.15) is 6.10 Å². The zero-order valence-electron chi connectivity index (χ0n) is 10.0. The lowest BCUT2D eigenvalue weighted by atomic mass is 9.95. The molecule has 0 bridgehead atoms. The van der Waals surface area contributed by atoms with Crippen LogP contribution in [0.25, 0.3) is 0 Å². The van der Waals surface area contributed by atoms with Gasteiger partial charge in [0.15, 0.2) is 0 Å². The van der Waals surface area contributed by atoms with Crippen LogP contribution in [0.5, 0.6) is 0 Å². The van der Waals surface area contributed by atoms with Crippen molar-refractivity contribution in [3.8, 4) is 0 Å². The van der Waals surface area contributed by atoms with Gasteiger partial charge < -0.3 is 5.11 Å². The summed E-state index contributed by atoms with van der Waals surface area (Å²) < 4.78 is 1.05. The van der Waals surface area contributed by atoms with Gasteiger partial charge in [-0.25, -0.2) is 0 Å². The summed E-state index contributed by atoms with van der Waals surface area (Å²) in [6.07, 6.45) is -0.501. The molecule has 2 heterocycles. The van der Waals surface area contributed by atoms with Crippen LogP contribution in [0.1, 0.15) is 42.2 Å². The average Bonchev–Trinajstić information content (AvgIpc) is 2.83. The van der Waals surface area contributed by atoms with Crippen LogP contribution in [-0.2, 0) is 5.41 Å². The molecule has 2 rings (SSSR count). The van der Waals surface area contributed by atoms with Gasteiger partial charge in [0.05, 0.1) is 3.79 Å². The lowest BCUT2D eigenvalue weighted by Crippen LogP contribution is -2.07. The van der Waals surface area contributed by atoms with E-state index < -0.39 is 6.10 Å². The second-order valence-corrected chi connectivity index (χ2v) is 8.44. The highest BCUT2D eigenvalue weighted by molar-refractivity contribution is 9.11. The van der Waals surface area contributed by atoms with Crippen LogP contribution in [0.3, 0.4) is 0 Å². The summed E-state index contributed by atoms with van der Waals surface area (Å²) in [5.74, 6) is 0. The van der Waals surface area contributed by atoms with E-state index in [1.807, 2.05) is 17.5 Å². The third-order valence-corrected chi connectivity index (χ3v) is 5.63. The molecule has 0 amide bonds. The smallest absolute Gasteiger partial charge is 0.114 e. The van der Waals surface area contributed by atoms with Crippen LogP contribution in [0.15, 0.2) is 27.4 Å². The Bertz CT molecular complexity index is 507. The first-order valence-electron chi connectivity index (χ1n) is 5.40. The first kappa shape index (κ1) is 13.3. The zero-order valence-corrected chi connectivity index (χ0v) is 13.2. The fourth-order valence-corrected chi connectivity index (χ4v) is 3.81. The topological polar surface area (TPSA) is 20.2 Å². The van der Waals surface area contributed by atoms with Gasteiger partial charge >= 0.3 is 0 Å². The molecule has 1 nitrogen and oxygen atoms in total. The standard InChI is InChI=1S/C13H15BrOS2/c1-13(2,3)10-5-4-9(17-10)12(15)8-6-11(14)16-7-8/h4-7,12,15H,1-3H3. The number of hydrogen-bond acceptors (Lipinski definition) is 3. The highest BCUT2D eigenvalue weighted by Crippen LogP contribution is 2.36. The molecule has 4 heteroatoms. The molecule has 17 heavy (non-hydrogen) atoms. The highest BCUT2D eigenvalue weighted by atomic mass is 79.9. The molecule has 2 aromatic rings. The normalized spacial score (nSPS) is 13.9. The van der Waals surface area contributed by atoms with E-state index in [2.05, 4.69) is 42.8 Å². The molecule has 0 aromatic carbocycles. The number of halogens is 1. The molecule has 0 aliphatic carbocycles. The maximum absolute atomic E-state index is 10.3. The van der Waals surface area contributed by atoms with Crippen molar-refractivity contribution in [3.63, 3.8) is 0 Å². The average molecular weight is 331 g/mol. The van der Waals surface area contributed by atoms with E-state index in [0.29, 0.717) is 0 Å². The van der Waals surface area contributed by atoms with Crippen molar-refractivity contribution in [3.05, 3.63) is 42.7 Å². The molecule has 0 aliphatic heterocycles. The van der Waals surface area contributed by atoms with Gasteiger partial charge in [-0.3, -0.25) is 0 Å². The quantitative estimate of drug-likeness (QED) is 0.825. The van der Waals surface area contributed by atoms with Crippen molar-refractivity contribution in [2.45, 2.75) is 32.3 Å². The van der Waals surface area contributed by atoms with Crippen LogP contribution in [0, 0.1) is 0 Å². The second kappa shape index (κ2) is 4.84. The lowest BCUT2D eigenvalue weighted by molar-refractivity contribution is 0.224. The Morgan fingerprint density at radius 3 is 2.47 bits per heavy atom. The number of aliphatic hydroxyl groups is 1. The molecule has 1 N–H and O–H groups in total. The van der Waals surface area contributed by atoms with Crippen LogP contribution < -0.4 is 0 Å². The van der Waals surface area contributed by atoms with Crippen molar-refractivity contribution in [1.82, 2.24) is 0 Å². The van der Waals surface area contributed by atoms with Crippen LogP contribution >= 0.6 is 38.6 Å². The van der Waals surface area contributed by atoms with Crippen LogP contribution in [0.2, 0.25) is 0 Å². The first-order chi connectivity index (χ1) is 7.88. The van der Waals surface area contributed by atoms with Crippen molar-refractivity contribution in [1.29, 1.82) is 0 Å². The molecule has 0 saturated heterocycles. The Balaban J connectivity index is 2.26. The third-order valence-electron chi connectivity index (χ3n) is 2.54. The van der Waals surface area contributed by atoms with E-state index in [1.54, 1.807) is 22.7 Å². The van der Waals surface area contributed by atoms with Gasteiger partial charge in [0.25, 0.3) is 0 Å². The maximum Gasteiger partial charge on any atom is 0.114 e. The van der Waals surface area contributed by atoms with Crippen LogP contribution in [0.4, 0.5) is 0 Å². The largest absolute Gasteiger partial charge is 0.383 e. The van der Waals surface area contributed by atoms with Crippen molar-refractivity contribution in [2.75, 3.05) is 0 Å². The van der Waals surface area contributed by atoms with E-state index in [9.17, 15) is 5.11 Å². The fraction of sp³-hybridized carbons (Fsp3) is 0.385. The van der Waals surface area contributed by atoms with Crippen molar-refractivity contribution < 1.29 is 5.11 Å². The number of aliphatic hydroxyl groups excluding tert-OH is 1. The van der Waals surface area contributed by atoms with E-state index in [-0.39, 0.29) is 5.41 Å². The monoisotopic (exact) mass is 330 g/mol. The summed E-state index contributed by atoms with van der Waals surface area (Å²) in [6, 6.07) is 6.12. The SMILES string of the molecule is CC(C)(C)c1ccc(C(O)c2csc(Br)c2)s1. The molecular formula is C13H15BrOS2. The summed E-state index contributed by atoms with van der Waals surface area (Å²) in [7, 11) is 0. The molecule has 0 aliphatic rings. The summed E-state index contributed by atoms with van der Waals surface area (Å²) >= 11 is 6.71. The molecular weight excluding hydrogens is 316 g/mol. The van der Waals surface area contributed by atoms with Crippen LogP contribution in [-0.4, -0.2) is 5.11 Å². The predicted octanol–water partition coefficient (Wildman–Crippen LogP) is 4.95. The predicted molar refractivity (Wildman–Crippen MR) is 79.1 cm³/mol. The number of rotatable bonds is 2. The molecule has 0 fully saturated rings. The molecule has 0 saturated carbocycles. The lowest BCUT2D eigenvalue weighted by Gasteiger charge is -2.15. The Morgan fingerprint density at radius 2 is 2.00 bits per heavy atom. The van der Waals surface area contributed by atoms with Crippen molar-refractivity contribution >= 4 is 38.6 Å². The first-order valence-corrected chi connectivity index (χ1v) is 7.89. The number of hydrogen-bond donors (Lipinski definition) is 1. The minimum absolute atomic E-state index is 0.151. The van der Waals surface area contributed by atoms with E-state index in [1.165, 1.54) is 4.88 Å². The Hall–Kier alpha value is -0.160. The Labute approximate surface area is 118 Å². The van der Waals surface area contributed by atoms with Gasteiger partial charge in [-0.15, -0.1) is 22.7 Å². The summed E-state index contributed by atoms with van der Waals surface area (Å²) in [5.41, 5.74) is 1.11. The molecule has 92 valence electrons. The van der Waals surface area contributed by atoms with Gasteiger partial charge in [-0.05, 0) is 50.5 Å². The summed E-state index contributed by atoms with van der Waals surface area (Å²) in [6.45, 7) is 6.57. The third kappa shape index (κ3) is 2.99. The Kier molecular flexibility index (Phi) is 3.78. The minimum atomic E-state index is -0.501. The fourth-order valence-electron chi connectivity index (χ4n) is 1.53. The molecule has 0 radical (unpaired) electrons. The Morgan fingerprint density at radius 1 is 1.29 bits per heavy atom. The van der Waals surface area contributed by atoms with Crippen molar-refractivity contribution in [2.24, 2.45) is 0 Å². The van der Waals surface area contributed by atoms with E-state index in [0.717, 1.165) is 14.2 Å². The minimum Gasteiger partial charge on any atom is -0.383 e. The number of thiophene rings is 2. The summed E-state index contributed by atoms with van der Waals surface area (Å²) in [5, 5.41) is 12.3. The zero-order chi connectivity index (χ0) is 12.6. The maximum atomic E-state index is 10.3. The summed E-state index contributed by atoms with van der Waals surface area (Å²) in [4.78, 5) is 2.32.